The van der Waals surface area contributed by atoms with Crippen LogP contribution < -0.4 is 15.4 Å². The van der Waals surface area contributed by atoms with Gasteiger partial charge in [0.05, 0.1) is 18.4 Å². The molecule has 0 atom stereocenters. The highest BCUT2D eigenvalue weighted by Gasteiger charge is 2.08. The number of hydrogen-bond acceptors (Lipinski definition) is 3. The maximum Gasteiger partial charge on any atom is 0.323 e. The number of anilines is 2. The summed E-state index contributed by atoms with van der Waals surface area (Å²) < 4.78 is 18.0. The van der Waals surface area contributed by atoms with Crippen LogP contribution in [0.15, 0.2) is 42.5 Å². The lowest BCUT2D eigenvalue weighted by molar-refractivity contribution is 0.262. The van der Waals surface area contributed by atoms with Crippen molar-refractivity contribution in [2.75, 3.05) is 17.7 Å². The third-order valence-electron chi connectivity index (χ3n) is 2.70. The number of benzene rings is 2. The first-order chi connectivity index (χ1) is 10.1. The summed E-state index contributed by atoms with van der Waals surface area (Å²) in [5, 5.41) is 14.0. The van der Waals surface area contributed by atoms with Crippen molar-refractivity contribution in [3.05, 3.63) is 53.8 Å². The summed E-state index contributed by atoms with van der Waals surface area (Å²) in [6.45, 7) is 0. The summed E-state index contributed by atoms with van der Waals surface area (Å²) >= 11 is 0. The van der Waals surface area contributed by atoms with Gasteiger partial charge in [-0.1, -0.05) is 0 Å². The van der Waals surface area contributed by atoms with Gasteiger partial charge in [0.15, 0.2) is 0 Å². The van der Waals surface area contributed by atoms with Crippen molar-refractivity contribution in [3.63, 3.8) is 0 Å². The van der Waals surface area contributed by atoms with Crippen LogP contribution in [-0.2, 0) is 0 Å². The molecule has 106 valence electrons. The van der Waals surface area contributed by atoms with Gasteiger partial charge < -0.3 is 15.4 Å². The molecule has 0 saturated heterocycles. The third-order valence-corrected chi connectivity index (χ3v) is 2.70. The van der Waals surface area contributed by atoms with E-state index in [-0.39, 0.29) is 11.3 Å². The predicted octanol–water partition coefficient (Wildman–Crippen LogP) is 3.35. The van der Waals surface area contributed by atoms with Gasteiger partial charge in [0.25, 0.3) is 0 Å². The van der Waals surface area contributed by atoms with Gasteiger partial charge in [-0.3, -0.25) is 0 Å². The van der Waals surface area contributed by atoms with Crippen molar-refractivity contribution in [1.29, 1.82) is 5.26 Å². The standard InChI is InChI=1S/C15H12FN3O2/c1-21-13-5-3-12(4-6-13)18-15(20)19-14-7-2-11(16)8-10(14)9-17/h2-8H,1H3,(H2,18,19,20). The largest absolute Gasteiger partial charge is 0.497 e. The molecule has 2 aromatic carbocycles. The Morgan fingerprint density at radius 1 is 1.19 bits per heavy atom. The quantitative estimate of drug-likeness (QED) is 0.908. The van der Waals surface area contributed by atoms with Crippen molar-refractivity contribution in [1.82, 2.24) is 0 Å². The first-order valence-corrected chi connectivity index (χ1v) is 6.04. The maximum absolute atomic E-state index is 13.0. The first-order valence-electron chi connectivity index (χ1n) is 6.04. The summed E-state index contributed by atoms with van der Waals surface area (Å²) in [6.07, 6.45) is 0. The number of urea groups is 1. The average Bonchev–Trinajstić information content (AvgIpc) is 2.49. The molecule has 0 unspecified atom stereocenters. The summed E-state index contributed by atoms with van der Waals surface area (Å²) in [4.78, 5) is 11.8. The number of rotatable bonds is 3. The minimum Gasteiger partial charge on any atom is -0.497 e. The van der Waals surface area contributed by atoms with E-state index in [0.29, 0.717) is 11.4 Å². The SMILES string of the molecule is COc1ccc(NC(=O)Nc2ccc(F)cc2C#N)cc1. The second-order valence-electron chi connectivity index (χ2n) is 4.11. The molecule has 0 spiro atoms. The van der Waals surface area contributed by atoms with Crippen LogP contribution in [0.2, 0.25) is 0 Å². The Hall–Kier alpha value is -3.07. The fourth-order valence-electron chi connectivity index (χ4n) is 1.68. The van der Waals surface area contributed by atoms with Crippen LogP contribution >= 0.6 is 0 Å². The molecule has 21 heavy (non-hydrogen) atoms. The number of amides is 2. The second-order valence-corrected chi connectivity index (χ2v) is 4.11. The smallest absolute Gasteiger partial charge is 0.323 e. The number of ether oxygens (including phenoxy) is 1. The zero-order valence-electron chi connectivity index (χ0n) is 11.2. The monoisotopic (exact) mass is 285 g/mol. The van der Waals surface area contributed by atoms with Crippen LogP contribution in [0.5, 0.6) is 5.75 Å². The Balaban J connectivity index is 2.06. The third kappa shape index (κ3) is 3.70. The van der Waals surface area contributed by atoms with Crippen molar-refractivity contribution < 1.29 is 13.9 Å². The lowest BCUT2D eigenvalue weighted by Crippen LogP contribution is -2.20. The fraction of sp³-hybridized carbons (Fsp3) is 0.0667. The van der Waals surface area contributed by atoms with Gasteiger partial charge in [0.1, 0.15) is 17.6 Å². The fourth-order valence-corrected chi connectivity index (χ4v) is 1.68. The Bertz CT molecular complexity index is 693. The first kappa shape index (κ1) is 14.3. The van der Waals surface area contributed by atoms with Gasteiger partial charge in [-0.2, -0.15) is 5.26 Å². The minimum absolute atomic E-state index is 0.0554. The highest BCUT2D eigenvalue weighted by molar-refractivity contribution is 6.00. The zero-order valence-corrected chi connectivity index (χ0v) is 11.2. The molecule has 0 aromatic heterocycles. The molecule has 0 aliphatic heterocycles. The number of carbonyl (C=O) groups excluding carboxylic acids is 1. The van der Waals surface area contributed by atoms with Gasteiger partial charge in [-0.15, -0.1) is 0 Å². The number of hydrogen-bond donors (Lipinski definition) is 2. The maximum atomic E-state index is 13.0. The molecule has 5 nitrogen and oxygen atoms in total. The van der Waals surface area contributed by atoms with Gasteiger partial charge in [-0.25, -0.2) is 9.18 Å². The molecule has 0 heterocycles. The van der Waals surface area contributed by atoms with Crippen molar-refractivity contribution in [2.24, 2.45) is 0 Å². The Labute approximate surface area is 121 Å². The molecule has 2 aromatic rings. The van der Waals surface area contributed by atoms with E-state index in [0.717, 1.165) is 6.07 Å². The van der Waals surface area contributed by atoms with Crippen LogP contribution in [0.25, 0.3) is 0 Å². The molecule has 2 amide bonds. The minimum atomic E-state index is -0.535. The number of carbonyl (C=O) groups is 1. The van der Waals surface area contributed by atoms with Crippen molar-refractivity contribution >= 4 is 17.4 Å². The van der Waals surface area contributed by atoms with Crippen molar-refractivity contribution in [2.45, 2.75) is 0 Å². The summed E-state index contributed by atoms with van der Waals surface area (Å²) in [6, 6.07) is 11.6. The van der Waals surface area contributed by atoms with Gasteiger partial charge in [-0.05, 0) is 42.5 Å². The van der Waals surface area contributed by atoms with E-state index in [9.17, 15) is 9.18 Å². The van der Waals surface area contributed by atoms with E-state index in [1.165, 1.54) is 12.1 Å². The number of nitrogens with one attached hydrogen (secondary N) is 2. The van der Waals surface area contributed by atoms with E-state index >= 15 is 0 Å². The van der Waals surface area contributed by atoms with Gasteiger partial charge in [0, 0.05) is 5.69 Å². The van der Waals surface area contributed by atoms with Crippen LogP contribution in [0.4, 0.5) is 20.6 Å². The van der Waals surface area contributed by atoms with E-state index in [1.807, 2.05) is 6.07 Å². The topological polar surface area (TPSA) is 74.2 Å². The van der Waals surface area contributed by atoms with Gasteiger partial charge in [0.2, 0.25) is 0 Å². The Kier molecular flexibility index (Phi) is 4.36. The molecule has 0 aliphatic rings. The predicted molar refractivity (Wildman–Crippen MR) is 76.8 cm³/mol. The lowest BCUT2D eigenvalue weighted by atomic mass is 10.2. The van der Waals surface area contributed by atoms with Crippen molar-refractivity contribution in [3.8, 4) is 11.8 Å². The highest BCUT2D eigenvalue weighted by Crippen LogP contribution is 2.18. The second kappa shape index (κ2) is 6.39. The molecule has 2 rings (SSSR count). The number of nitriles is 1. The van der Waals surface area contributed by atoms with Gasteiger partial charge >= 0.3 is 6.03 Å². The van der Waals surface area contributed by atoms with Crippen LogP contribution in [0.3, 0.4) is 0 Å². The summed E-state index contributed by atoms with van der Waals surface area (Å²) in [7, 11) is 1.55. The molecule has 0 bridgehead atoms. The number of nitrogens with zero attached hydrogens (tertiary/aromatic N) is 1. The summed E-state index contributed by atoms with van der Waals surface area (Å²) in [5.41, 5.74) is 0.860. The number of halogens is 1. The van der Waals surface area contributed by atoms with E-state index in [2.05, 4.69) is 10.6 Å². The highest BCUT2D eigenvalue weighted by atomic mass is 19.1. The van der Waals surface area contributed by atoms with Crippen LogP contribution in [0.1, 0.15) is 5.56 Å². The molecule has 2 N–H and O–H groups in total. The molecular weight excluding hydrogens is 273 g/mol. The number of methoxy groups -OCH3 is 1. The van der Waals surface area contributed by atoms with E-state index < -0.39 is 11.8 Å². The Morgan fingerprint density at radius 2 is 1.90 bits per heavy atom. The molecule has 0 radical (unpaired) electrons. The van der Waals surface area contributed by atoms with Crippen LogP contribution in [0, 0.1) is 17.1 Å². The Morgan fingerprint density at radius 3 is 2.52 bits per heavy atom. The van der Waals surface area contributed by atoms with Crippen LogP contribution in [-0.4, -0.2) is 13.1 Å². The normalized spacial score (nSPS) is 9.57. The molecule has 6 heteroatoms. The molecule has 0 fully saturated rings. The summed E-state index contributed by atoms with van der Waals surface area (Å²) in [5.74, 6) is 0.138. The van der Waals surface area contributed by atoms with E-state index in [4.69, 9.17) is 10.00 Å². The average molecular weight is 285 g/mol. The van der Waals surface area contributed by atoms with E-state index in [1.54, 1.807) is 31.4 Å². The molecular formula is C15H12FN3O2. The lowest BCUT2D eigenvalue weighted by Gasteiger charge is -2.09. The molecule has 0 aliphatic carbocycles. The zero-order chi connectivity index (χ0) is 15.2. The molecule has 0 saturated carbocycles.